The van der Waals surface area contributed by atoms with Crippen LogP contribution >= 0.6 is 11.3 Å². The van der Waals surface area contributed by atoms with Gasteiger partial charge in [-0.3, -0.25) is 9.78 Å². The number of pyridine rings is 1. The molecule has 0 aliphatic carbocycles. The predicted molar refractivity (Wildman–Crippen MR) is 122 cm³/mol. The Labute approximate surface area is 186 Å². The third kappa shape index (κ3) is 4.93. The molecule has 3 heterocycles. The highest BCUT2D eigenvalue weighted by Gasteiger charge is 2.28. The maximum Gasteiger partial charge on any atom is 0.265 e. The Morgan fingerprint density at radius 2 is 2.06 bits per heavy atom. The van der Waals surface area contributed by atoms with E-state index in [0.29, 0.717) is 17.8 Å². The number of benzene rings is 1. The van der Waals surface area contributed by atoms with Crippen molar-refractivity contribution in [1.82, 2.24) is 14.9 Å². The molecule has 1 aliphatic heterocycles. The van der Waals surface area contributed by atoms with Gasteiger partial charge < -0.3 is 10.2 Å². The number of nitrogens with one attached hydrogen (secondary N) is 1. The summed E-state index contributed by atoms with van der Waals surface area (Å²) >= 11 is 1.41. The molecule has 1 amide bonds. The summed E-state index contributed by atoms with van der Waals surface area (Å²) in [4.78, 5) is 25.0. The second kappa shape index (κ2) is 9.14. The predicted octanol–water partition coefficient (Wildman–Crippen LogP) is 4.95. The van der Waals surface area contributed by atoms with Gasteiger partial charge in [0.05, 0.1) is 5.69 Å². The van der Waals surface area contributed by atoms with Gasteiger partial charge in [-0.15, -0.1) is 0 Å². The van der Waals surface area contributed by atoms with Crippen LogP contribution in [0.25, 0.3) is 0 Å². The number of carbonyl (C=O) groups is 1. The number of anilines is 1. The van der Waals surface area contributed by atoms with Crippen LogP contribution in [0.1, 0.15) is 56.6 Å². The molecule has 7 heteroatoms. The maximum absolute atomic E-state index is 13.6. The molecule has 5 nitrogen and oxygen atoms in total. The fraction of sp³-hybridized carbons (Fsp3) is 0.375. The summed E-state index contributed by atoms with van der Waals surface area (Å²) in [6.07, 6.45) is 2.61. The highest BCUT2D eigenvalue weighted by molar-refractivity contribution is 7.17. The van der Waals surface area contributed by atoms with Gasteiger partial charge in [0.25, 0.3) is 5.91 Å². The lowest BCUT2D eigenvalue weighted by Gasteiger charge is -2.32. The van der Waals surface area contributed by atoms with E-state index >= 15 is 0 Å². The standard InChI is InChI=1S/C24H27FN4OS/c1-15-10-18(11-17-6-4-8-20(25)12-17)13-21(27-15)19-7-5-9-29(14-19)23(30)22-16(2)28-24(26-3)31-22/h4,6,8,10,12-13,19H,5,7,9,11,14H2,1-3H3,(H,26,28)/t19-/m1/s1. The molecule has 0 spiro atoms. The number of carbonyl (C=O) groups excluding carboxylic acids is 1. The third-order valence-electron chi connectivity index (χ3n) is 5.66. The van der Waals surface area contributed by atoms with Crippen LogP contribution in [0.3, 0.4) is 0 Å². The SMILES string of the molecule is CNc1nc(C)c(C(=O)N2CCC[C@@H](c3cc(Cc4cccc(F)c4)cc(C)n3)C2)s1. The number of thiazole rings is 1. The average Bonchev–Trinajstić information content (AvgIpc) is 3.13. The smallest absolute Gasteiger partial charge is 0.265 e. The Balaban J connectivity index is 1.53. The minimum Gasteiger partial charge on any atom is -0.365 e. The molecule has 4 rings (SSSR count). The molecule has 2 aromatic heterocycles. The Morgan fingerprint density at radius 1 is 1.23 bits per heavy atom. The van der Waals surface area contributed by atoms with Crippen molar-refractivity contribution >= 4 is 22.4 Å². The van der Waals surface area contributed by atoms with E-state index < -0.39 is 0 Å². The van der Waals surface area contributed by atoms with Crippen molar-refractivity contribution in [2.24, 2.45) is 0 Å². The van der Waals surface area contributed by atoms with E-state index in [0.717, 1.165) is 52.7 Å². The van der Waals surface area contributed by atoms with E-state index in [1.54, 1.807) is 12.1 Å². The van der Waals surface area contributed by atoms with Gasteiger partial charge in [0.15, 0.2) is 5.13 Å². The van der Waals surface area contributed by atoms with Crippen LogP contribution < -0.4 is 5.32 Å². The van der Waals surface area contributed by atoms with Crippen LogP contribution in [0, 0.1) is 19.7 Å². The first-order valence-electron chi connectivity index (χ1n) is 10.6. The quantitative estimate of drug-likeness (QED) is 0.613. The minimum atomic E-state index is -0.218. The van der Waals surface area contributed by atoms with Crippen LogP contribution in [0.2, 0.25) is 0 Å². The summed E-state index contributed by atoms with van der Waals surface area (Å²) < 4.78 is 13.6. The van der Waals surface area contributed by atoms with Crippen LogP contribution in [-0.2, 0) is 6.42 Å². The Kier molecular flexibility index (Phi) is 6.32. The van der Waals surface area contributed by atoms with E-state index in [4.69, 9.17) is 4.98 Å². The molecule has 1 atom stereocenters. The van der Waals surface area contributed by atoms with Crippen LogP contribution in [-0.4, -0.2) is 40.9 Å². The van der Waals surface area contributed by atoms with Gasteiger partial charge in [-0.05, 0) is 68.5 Å². The normalized spacial score (nSPS) is 16.4. The number of hydrogen-bond donors (Lipinski definition) is 1. The van der Waals surface area contributed by atoms with Crippen molar-refractivity contribution in [3.8, 4) is 0 Å². The third-order valence-corrected chi connectivity index (χ3v) is 6.82. The van der Waals surface area contributed by atoms with E-state index in [-0.39, 0.29) is 17.6 Å². The lowest BCUT2D eigenvalue weighted by atomic mass is 9.92. The maximum atomic E-state index is 13.6. The van der Waals surface area contributed by atoms with Crippen molar-refractivity contribution in [2.75, 3.05) is 25.5 Å². The minimum absolute atomic E-state index is 0.0498. The molecule has 3 aromatic rings. The summed E-state index contributed by atoms with van der Waals surface area (Å²) in [5, 5.41) is 3.78. The van der Waals surface area contributed by atoms with Gasteiger partial charge in [-0.25, -0.2) is 9.37 Å². The van der Waals surface area contributed by atoms with Gasteiger partial charge >= 0.3 is 0 Å². The van der Waals surface area contributed by atoms with Crippen molar-refractivity contribution in [3.05, 3.63) is 75.3 Å². The molecule has 1 saturated heterocycles. The van der Waals surface area contributed by atoms with Gasteiger partial charge in [0, 0.05) is 37.4 Å². The molecule has 0 saturated carbocycles. The molecule has 1 fully saturated rings. The second-order valence-electron chi connectivity index (χ2n) is 8.12. The number of halogens is 1. The molecule has 0 bridgehead atoms. The number of piperidine rings is 1. The monoisotopic (exact) mass is 438 g/mol. The Bertz CT molecular complexity index is 1100. The zero-order chi connectivity index (χ0) is 22.0. The lowest BCUT2D eigenvalue weighted by molar-refractivity contribution is 0.0710. The van der Waals surface area contributed by atoms with Crippen molar-refractivity contribution in [2.45, 2.75) is 39.0 Å². The summed E-state index contributed by atoms with van der Waals surface area (Å²) in [7, 11) is 1.81. The van der Waals surface area contributed by atoms with E-state index in [2.05, 4.69) is 22.4 Å². The number of aromatic nitrogens is 2. The molecule has 1 aliphatic rings. The Hall–Kier alpha value is -2.80. The topological polar surface area (TPSA) is 58.1 Å². The highest BCUT2D eigenvalue weighted by atomic mass is 32.1. The van der Waals surface area contributed by atoms with E-state index in [1.807, 2.05) is 31.9 Å². The lowest BCUT2D eigenvalue weighted by Crippen LogP contribution is -2.39. The van der Waals surface area contributed by atoms with Gasteiger partial charge in [0.2, 0.25) is 0 Å². The van der Waals surface area contributed by atoms with E-state index in [9.17, 15) is 9.18 Å². The molecule has 31 heavy (non-hydrogen) atoms. The number of nitrogens with zero attached hydrogens (tertiary/aromatic N) is 3. The number of amides is 1. The summed E-state index contributed by atoms with van der Waals surface area (Å²) in [5.74, 6) is 0.0272. The van der Waals surface area contributed by atoms with Gasteiger partial charge in [-0.1, -0.05) is 23.5 Å². The van der Waals surface area contributed by atoms with Crippen LogP contribution in [0.15, 0.2) is 36.4 Å². The van der Waals surface area contributed by atoms with Crippen molar-refractivity contribution in [1.29, 1.82) is 0 Å². The summed E-state index contributed by atoms with van der Waals surface area (Å²) in [6.45, 7) is 5.28. The molecular weight excluding hydrogens is 411 g/mol. The molecule has 1 aromatic carbocycles. The highest BCUT2D eigenvalue weighted by Crippen LogP contribution is 2.30. The first-order chi connectivity index (χ1) is 14.9. The van der Waals surface area contributed by atoms with Crippen molar-refractivity contribution < 1.29 is 9.18 Å². The largest absolute Gasteiger partial charge is 0.365 e. The molecular formula is C24H27FN4OS. The molecule has 0 unspecified atom stereocenters. The number of aryl methyl sites for hydroxylation is 2. The first-order valence-corrected chi connectivity index (χ1v) is 11.4. The van der Waals surface area contributed by atoms with Crippen molar-refractivity contribution in [3.63, 3.8) is 0 Å². The summed E-state index contributed by atoms with van der Waals surface area (Å²) in [6, 6.07) is 10.9. The molecule has 0 radical (unpaired) electrons. The number of likely N-dealkylation sites (tertiary alicyclic amines) is 1. The number of hydrogen-bond acceptors (Lipinski definition) is 5. The Morgan fingerprint density at radius 3 is 2.81 bits per heavy atom. The van der Waals surface area contributed by atoms with Crippen LogP contribution in [0.4, 0.5) is 9.52 Å². The van der Waals surface area contributed by atoms with Gasteiger partial charge in [-0.2, -0.15) is 0 Å². The average molecular weight is 439 g/mol. The fourth-order valence-corrected chi connectivity index (χ4v) is 5.10. The first kappa shape index (κ1) is 21.4. The zero-order valence-corrected chi connectivity index (χ0v) is 18.9. The fourth-order valence-electron chi connectivity index (χ4n) is 4.21. The molecule has 162 valence electrons. The summed E-state index contributed by atoms with van der Waals surface area (Å²) in [5.41, 5.74) is 4.80. The molecule has 1 N–H and O–H groups in total. The number of rotatable bonds is 5. The van der Waals surface area contributed by atoms with E-state index in [1.165, 1.54) is 17.4 Å². The van der Waals surface area contributed by atoms with Crippen LogP contribution in [0.5, 0.6) is 0 Å². The van der Waals surface area contributed by atoms with Gasteiger partial charge in [0.1, 0.15) is 10.7 Å². The second-order valence-corrected chi connectivity index (χ2v) is 9.12. The zero-order valence-electron chi connectivity index (χ0n) is 18.1.